The van der Waals surface area contributed by atoms with E-state index in [1.165, 1.54) is 17.5 Å². The first-order chi connectivity index (χ1) is 8.15. The third-order valence-electron chi connectivity index (χ3n) is 4.50. The fraction of sp³-hybridized carbons (Fsp3) is 0.571. The van der Waals surface area contributed by atoms with Crippen LogP contribution in [0.4, 0.5) is 0 Å². The van der Waals surface area contributed by atoms with E-state index in [-0.39, 0.29) is 0 Å². The molecule has 2 unspecified atom stereocenters. The van der Waals surface area contributed by atoms with E-state index in [1.54, 1.807) is 7.11 Å². The molecule has 0 bridgehead atoms. The molecule has 1 aromatic carbocycles. The van der Waals surface area contributed by atoms with Crippen molar-refractivity contribution in [2.75, 3.05) is 20.2 Å². The van der Waals surface area contributed by atoms with Gasteiger partial charge in [0.05, 0.1) is 12.1 Å². The van der Waals surface area contributed by atoms with Crippen LogP contribution >= 0.6 is 11.6 Å². The molecule has 2 aliphatic rings. The van der Waals surface area contributed by atoms with Gasteiger partial charge in [-0.05, 0) is 35.4 Å². The normalized spacial score (nSPS) is 30.9. The van der Waals surface area contributed by atoms with Crippen LogP contribution < -0.4 is 10.1 Å². The number of nitrogens with one attached hydrogen (secondary N) is 1. The van der Waals surface area contributed by atoms with Gasteiger partial charge in [-0.25, -0.2) is 0 Å². The van der Waals surface area contributed by atoms with Crippen LogP contribution in [0.3, 0.4) is 0 Å². The van der Waals surface area contributed by atoms with E-state index < -0.39 is 0 Å². The van der Waals surface area contributed by atoms with Gasteiger partial charge in [-0.3, -0.25) is 0 Å². The van der Waals surface area contributed by atoms with Crippen molar-refractivity contribution in [3.63, 3.8) is 0 Å². The summed E-state index contributed by atoms with van der Waals surface area (Å²) in [6.07, 6.45) is 2.28. The molecule has 0 amide bonds. The zero-order chi connectivity index (χ0) is 12.0. The van der Waals surface area contributed by atoms with E-state index in [9.17, 15) is 0 Å². The second kappa shape index (κ2) is 3.89. The van der Waals surface area contributed by atoms with E-state index >= 15 is 0 Å². The minimum absolute atomic E-state index is 0.408. The van der Waals surface area contributed by atoms with Crippen molar-refractivity contribution in [2.45, 2.75) is 25.7 Å². The van der Waals surface area contributed by atoms with Crippen LogP contribution in [0.15, 0.2) is 12.1 Å². The average Bonchev–Trinajstić information content (AvgIpc) is 2.71. The first-order valence-corrected chi connectivity index (χ1v) is 6.59. The van der Waals surface area contributed by atoms with Crippen molar-refractivity contribution >= 4 is 11.6 Å². The topological polar surface area (TPSA) is 21.3 Å². The van der Waals surface area contributed by atoms with Gasteiger partial charge in [-0.1, -0.05) is 24.6 Å². The molecule has 3 heteroatoms. The first kappa shape index (κ1) is 11.4. The van der Waals surface area contributed by atoms with Crippen molar-refractivity contribution in [1.82, 2.24) is 5.32 Å². The van der Waals surface area contributed by atoms with E-state index in [1.807, 2.05) is 6.07 Å². The highest BCUT2D eigenvalue weighted by Crippen LogP contribution is 2.50. The maximum atomic E-state index is 6.42. The molecule has 3 rings (SSSR count). The summed E-state index contributed by atoms with van der Waals surface area (Å²) >= 11 is 6.42. The summed E-state index contributed by atoms with van der Waals surface area (Å²) in [5, 5.41) is 4.34. The highest BCUT2D eigenvalue weighted by molar-refractivity contribution is 6.33. The van der Waals surface area contributed by atoms with Crippen molar-refractivity contribution in [2.24, 2.45) is 5.41 Å². The monoisotopic (exact) mass is 251 g/mol. The molecule has 0 aromatic heterocycles. The quantitative estimate of drug-likeness (QED) is 0.829. The molecule has 0 spiro atoms. The molecule has 1 N–H and O–H groups in total. The summed E-state index contributed by atoms with van der Waals surface area (Å²) in [6, 6.07) is 4.21. The Kier molecular flexibility index (Phi) is 2.60. The predicted octanol–water partition coefficient (Wildman–Crippen LogP) is 2.99. The number of rotatable bonds is 1. The van der Waals surface area contributed by atoms with E-state index in [0.717, 1.165) is 30.3 Å². The van der Waals surface area contributed by atoms with Gasteiger partial charge in [0.15, 0.2) is 0 Å². The number of benzene rings is 1. The Bertz CT molecular complexity index is 460. The van der Waals surface area contributed by atoms with E-state index in [2.05, 4.69) is 18.3 Å². The van der Waals surface area contributed by atoms with Crippen LogP contribution in [0.25, 0.3) is 0 Å². The van der Waals surface area contributed by atoms with Gasteiger partial charge in [0.2, 0.25) is 0 Å². The molecule has 1 fully saturated rings. The van der Waals surface area contributed by atoms with Crippen LogP contribution in [0.1, 0.15) is 30.4 Å². The second-order valence-corrected chi connectivity index (χ2v) is 5.87. The minimum Gasteiger partial charge on any atom is -0.495 e. The van der Waals surface area contributed by atoms with Gasteiger partial charge in [-0.2, -0.15) is 0 Å². The maximum Gasteiger partial charge on any atom is 0.137 e. The lowest BCUT2D eigenvalue weighted by molar-refractivity contribution is 0.277. The smallest absolute Gasteiger partial charge is 0.137 e. The molecule has 0 saturated carbocycles. The Morgan fingerprint density at radius 2 is 2.29 bits per heavy atom. The number of hydrogen-bond donors (Lipinski definition) is 1. The van der Waals surface area contributed by atoms with E-state index in [0.29, 0.717) is 11.3 Å². The van der Waals surface area contributed by atoms with Crippen LogP contribution in [-0.4, -0.2) is 20.2 Å². The largest absolute Gasteiger partial charge is 0.495 e. The SMILES string of the molecule is COc1ccc2c(c1Cl)CCC1(C)CNCC21. The first-order valence-electron chi connectivity index (χ1n) is 6.22. The Morgan fingerprint density at radius 3 is 3.06 bits per heavy atom. The number of fused-ring (bicyclic) bond motifs is 3. The van der Waals surface area contributed by atoms with Crippen LogP contribution in [0.5, 0.6) is 5.75 Å². The predicted molar refractivity (Wildman–Crippen MR) is 70.0 cm³/mol. The number of halogens is 1. The summed E-state index contributed by atoms with van der Waals surface area (Å²) in [5.41, 5.74) is 3.14. The Hall–Kier alpha value is -0.730. The Balaban J connectivity index is 2.11. The van der Waals surface area contributed by atoms with Crippen molar-refractivity contribution in [3.8, 4) is 5.75 Å². The van der Waals surface area contributed by atoms with Crippen molar-refractivity contribution < 1.29 is 4.74 Å². The Morgan fingerprint density at radius 1 is 1.47 bits per heavy atom. The lowest BCUT2D eigenvalue weighted by Crippen LogP contribution is -2.30. The van der Waals surface area contributed by atoms with Gasteiger partial charge >= 0.3 is 0 Å². The van der Waals surface area contributed by atoms with Crippen molar-refractivity contribution in [1.29, 1.82) is 0 Å². The van der Waals surface area contributed by atoms with Gasteiger partial charge in [0.1, 0.15) is 5.75 Å². The molecule has 1 aliphatic heterocycles. The highest BCUT2D eigenvalue weighted by atomic mass is 35.5. The van der Waals surface area contributed by atoms with Gasteiger partial charge in [0.25, 0.3) is 0 Å². The molecule has 2 atom stereocenters. The summed E-state index contributed by atoms with van der Waals surface area (Å²) in [5.74, 6) is 1.41. The average molecular weight is 252 g/mol. The molecule has 1 aliphatic carbocycles. The van der Waals surface area contributed by atoms with Crippen molar-refractivity contribution in [3.05, 3.63) is 28.3 Å². The lowest BCUT2D eigenvalue weighted by atomic mass is 9.67. The lowest BCUT2D eigenvalue weighted by Gasteiger charge is -2.37. The molecule has 92 valence electrons. The highest BCUT2D eigenvalue weighted by Gasteiger charge is 2.43. The molecule has 1 aromatic rings. The van der Waals surface area contributed by atoms with E-state index in [4.69, 9.17) is 16.3 Å². The summed E-state index contributed by atoms with van der Waals surface area (Å²) in [7, 11) is 1.68. The molecule has 17 heavy (non-hydrogen) atoms. The summed E-state index contributed by atoms with van der Waals surface area (Å²) in [6.45, 7) is 4.59. The summed E-state index contributed by atoms with van der Waals surface area (Å²) in [4.78, 5) is 0. The third-order valence-corrected chi connectivity index (χ3v) is 4.92. The molecule has 2 nitrogen and oxygen atoms in total. The number of ether oxygens (including phenoxy) is 1. The summed E-state index contributed by atoms with van der Waals surface area (Å²) < 4.78 is 5.30. The standard InChI is InChI=1S/C14H18ClNO/c1-14-6-5-10-9(11(14)7-16-8-14)3-4-12(17-2)13(10)15/h3-4,11,16H,5-8H2,1-2H3. The number of methoxy groups -OCH3 is 1. The Labute approximate surface area is 107 Å². The fourth-order valence-electron chi connectivity index (χ4n) is 3.38. The van der Waals surface area contributed by atoms with Crippen LogP contribution in [0.2, 0.25) is 5.02 Å². The minimum atomic E-state index is 0.408. The third kappa shape index (κ3) is 1.58. The molecule has 1 saturated heterocycles. The molecular formula is C14H18ClNO. The molecule has 1 heterocycles. The maximum absolute atomic E-state index is 6.42. The fourth-order valence-corrected chi connectivity index (χ4v) is 3.73. The van der Waals surface area contributed by atoms with Crippen LogP contribution in [-0.2, 0) is 6.42 Å². The number of hydrogen-bond acceptors (Lipinski definition) is 2. The van der Waals surface area contributed by atoms with Gasteiger partial charge < -0.3 is 10.1 Å². The van der Waals surface area contributed by atoms with Gasteiger partial charge in [0, 0.05) is 19.0 Å². The zero-order valence-corrected chi connectivity index (χ0v) is 11.1. The van der Waals surface area contributed by atoms with Crippen LogP contribution in [0, 0.1) is 5.41 Å². The zero-order valence-electron chi connectivity index (χ0n) is 10.3. The molecule has 0 radical (unpaired) electrons. The molecular weight excluding hydrogens is 234 g/mol. The second-order valence-electron chi connectivity index (χ2n) is 5.49. The van der Waals surface area contributed by atoms with Gasteiger partial charge in [-0.15, -0.1) is 0 Å².